The Morgan fingerprint density at radius 2 is 1.69 bits per heavy atom. The summed E-state index contributed by atoms with van der Waals surface area (Å²) in [4.78, 5) is 13.5. The number of anilines is 1. The van der Waals surface area contributed by atoms with E-state index < -0.39 is 15.9 Å². The number of hydrogen-bond acceptors (Lipinski definition) is 4. The van der Waals surface area contributed by atoms with Crippen molar-refractivity contribution >= 4 is 39.3 Å². The van der Waals surface area contributed by atoms with E-state index in [1.165, 1.54) is 0 Å². The molecule has 0 bridgehead atoms. The van der Waals surface area contributed by atoms with E-state index in [0.29, 0.717) is 10.7 Å². The molecule has 2 aliphatic heterocycles. The van der Waals surface area contributed by atoms with E-state index in [-0.39, 0.29) is 23.3 Å². The summed E-state index contributed by atoms with van der Waals surface area (Å²) in [6.07, 6.45) is 3.99. The van der Waals surface area contributed by atoms with Gasteiger partial charge in [0.2, 0.25) is 0 Å². The minimum atomic E-state index is -4.11. The Labute approximate surface area is 192 Å². The first-order valence-corrected chi connectivity index (χ1v) is 12.1. The molecule has 0 saturated carbocycles. The Kier molecular flexibility index (Phi) is 5.07. The number of hydrogen-bond donors (Lipinski definition) is 0. The van der Waals surface area contributed by atoms with Crippen LogP contribution in [-0.2, 0) is 14.8 Å². The molecule has 2 atom stereocenters. The van der Waals surface area contributed by atoms with Crippen LogP contribution in [0.4, 0.5) is 5.69 Å². The molecule has 2 heterocycles. The molecule has 2 aliphatic rings. The lowest BCUT2D eigenvalue weighted by Crippen LogP contribution is -2.60. The molecule has 1 amide bonds. The van der Waals surface area contributed by atoms with Crippen molar-refractivity contribution < 1.29 is 13.2 Å². The number of carbonyl (C=O) groups is 1. The van der Waals surface area contributed by atoms with E-state index in [1.54, 1.807) is 47.5 Å². The first-order chi connectivity index (χ1) is 15.4. The van der Waals surface area contributed by atoms with Crippen LogP contribution in [0.2, 0.25) is 5.02 Å². The maximum Gasteiger partial charge on any atom is 0.284 e. The highest BCUT2D eigenvalue weighted by atomic mass is 35.5. The molecule has 0 N–H and O–H groups in total. The molecular formula is C25H21ClN2O3S. The lowest BCUT2D eigenvalue weighted by Gasteiger charge is -2.48. The molecular weight excluding hydrogens is 444 g/mol. The van der Waals surface area contributed by atoms with Gasteiger partial charge in [-0.2, -0.15) is 8.42 Å². The number of carbonyl (C=O) groups excluding carboxylic acids is 1. The zero-order valence-corrected chi connectivity index (χ0v) is 18.9. The first kappa shape index (κ1) is 20.8. The highest BCUT2D eigenvalue weighted by Gasteiger charge is 2.47. The van der Waals surface area contributed by atoms with E-state index in [0.717, 1.165) is 21.1 Å². The lowest BCUT2D eigenvalue weighted by molar-refractivity contribution is -0.129. The monoisotopic (exact) mass is 464 g/mol. The summed E-state index contributed by atoms with van der Waals surface area (Å²) in [6.45, 7) is 1.89. The smallest absolute Gasteiger partial charge is 0.272 e. The van der Waals surface area contributed by atoms with Crippen LogP contribution in [0.25, 0.3) is 6.08 Å². The zero-order valence-electron chi connectivity index (χ0n) is 17.4. The number of rotatable bonds is 3. The third kappa shape index (κ3) is 3.40. The Bertz CT molecular complexity index is 1320. The highest BCUT2D eigenvalue weighted by Crippen LogP contribution is 2.43. The fraction of sp³-hybridized carbons (Fsp3) is 0.160. The number of amides is 1. The molecule has 0 spiro atoms. The van der Waals surface area contributed by atoms with E-state index >= 15 is 0 Å². The Hall–Kier alpha value is -3.09. The van der Waals surface area contributed by atoms with Crippen LogP contribution in [0.3, 0.4) is 0 Å². The molecule has 1 saturated heterocycles. The van der Waals surface area contributed by atoms with Crippen LogP contribution in [0.1, 0.15) is 29.0 Å². The number of aryl methyl sites for hydroxylation is 1. The van der Waals surface area contributed by atoms with Gasteiger partial charge in [-0.15, -0.1) is 4.41 Å². The van der Waals surface area contributed by atoms with E-state index in [1.807, 2.05) is 49.4 Å². The van der Waals surface area contributed by atoms with E-state index in [2.05, 4.69) is 0 Å². The summed E-state index contributed by atoms with van der Waals surface area (Å²) in [6, 6.07) is 21.2. The van der Waals surface area contributed by atoms with Crippen molar-refractivity contribution in [2.75, 3.05) is 5.01 Å². The molecule has 0 aliphatic carbocycles. The number of halogens is 1. The van der Waals surface area contributed by atoms with Crippen molar-refractivity contribution in [1.82, 2.24) is 4.41 Å². The van der Waals surface area contributed by atoms with Gasteiger partial charge in [-0.3, -0.25) is 9.80 Å². The molecule has 0 unspecified atom stereocenters. The standard InChI is InChI=1S/C25H21ClN2O3S/c1-17-7-11-21(12-8-17)32(30,31)28-25(29)16-22(18-5-3-2-4-6-18)24-13-9-19-15-20(26)10-14-23(19)27(24)28/h2-15,22,24H,16H2,1H3/t22-,24+/m1/s1. The SMILES string of the molecule is Cc1ccc(S(=O)(=O)N2C(=O)C[C@H](c3ccccc3)[C@@H]3C=Cc4cc(Cl)ccc4N32)cc1. The summed E-state index contributed by atoms with van der Waals surface area (Å²) in [5.74, 6) is -0.653. The van der Waals surface area contributed by atoms with Crippen molar-refractivity contribution in [2.45, 2.75) is 30.2 Å². The maximum atomic E-state index is 13.7. The number of nitrogens with zero attached hydrogens (tertiary/aromatic N) is 2. The fourth-order valence-corrected chi connectivity index (χ4v) is 6.05. The summed E-state index contributed by atoms with van der Waals surface area (Å²) in [5.41, 5.74) is 3.33. The van der Waals surface area contributed by atoms with Crippen LogP contribution in [0.15, 0.2) is 83.8 Å². The van der Waals surface area contributed by atoms with Gasteiger partial charge in [-0.05, 0) is 42.8 Å². The fourth-order valence-electron chi connectivity index (χ4n) is 4.42. The average Bonchev–Trinajstić information content (AvgIpc) is 2.78. The molecule has 5 nitrogen and oxygen atoms in total. The quantitative estimate of drug-likeness (QED) is 0.536. The molecule has 1 fully saturated rings. The molecule has 7 heteroatoms. The van der Waals surface area contributed by atoms with Crippen molar-refractivity contribution in [3.8, 4) is 0 Å². The van der Waals surface area contributed by atoms with Crippen molar-refractivity contribution in [1.29, 1.82) is 0 Å². The number of benzene rings is 3. The van der Waals surface area contributed by atoms with Gasteiger partial charge < -0.3 is 0 Å². The lowest BCUT2D eigenvalue weighted by atomic mass is 9.84. The summed E-state index contributed by atoms with van der Waals surface area (Å²) >= 11 is 6.19. The predicted octanol–water partition coefficient (Wildman–Crippen LogP) is 5.17. The summed E-state index contributed by atoms with van der Waals surface area (Å²) in [5, 5.41) is 2.16. The largest absolute Gasteiger partial charge is 0.284 e. The molecule has 162 valence electrons. The van der Waals surface area contributed by atoms with Gasteiger partial charge in [0.15, 0.2) is 0 Å². The Morgan fingerprint density at radius 1 is 0.969 bits per heavy atom. The van der Waals surface area contributed by atoms with Crippen molar-refractivity contribution in [2.24, 2.45) is 0 Å². The third-order valence-electron chi connectivity index (χ3n) is 5.98. The van der Waals surface area contributed by atoms with Gasteiger partial charge in [0.05, 0.1) is 16.6 Å². The van der Waals surface area contributed by atoms with Gasteiger partial charge in [-0.1, -0.05) is 71.8 Å². The molecule has 5 rings (SSSR count). The predicted molar refractivity (Wildman–Crippen MR) is 126 cm³/mol. The first-order valence-electron chi connectivity index (χ1n) is 10.3. The second kappa shape index (κ2) is 7.80. The normalized spacial score (nSPS) is 20.1. The van der Waals surface area contributed by atoms with Gasteiger partial charge in [-0.25, -0.2) is 0 Å². The third-order valence-corrected chi connectivity index (χ3v) is 7.92. The molecule has 3 aromatic rings. The maximum absolute atomic E-state index is 13.7. The minimum absolute atomic E-state index is 0.0819. The Balaban J connectivity index is 1.68. The molecule has 0 aromatic heterocycles. The van der Waals surface area contributed by atoms with Gasteiger partial charge in [0.1, 0.15) is 0 Å². The highest BCUT2D eigenvalue weighted by molar-refractivity contribution is 7.89. The van der Waals surface area contributed by atoms with E-state index in [4.69, 9.17) is 11.6 Å². The summed E-state index contributed by atoms with van der Waals surface area (Å²) in [7, 11) is -4.11. The van der Waals surface area contributed by atoms with Crippen LogP contribution in [0.5, 0.6) is 0 Å². The van der Waals surface area contributed by atoms with Gasteiger partial charge in [0.25, 0.3) is 15.9 Å². The Morgan fingerprint density at radius 3 is 2.41 bits per heavy atom. The number of fused-ring (bicyclic) bond motifs is 3. The van der Waals surface area contributed by atoms with Gasteiger partial charge in [0, 0.05) is 22.9 Å². The van der Waals surface area contributed by atoms with Gasteiger partial charge >= 0.3 is 0 Å². The molecule has 32 heavy (non-hydrogen) atoms. The van der Waals surface area contributed by atoms with Crippen LogP contribution in [-0.4, -0.2) is 24.8 Å². The zero-order chi connectivity index (χ0) is 22.5. The minimum Gasteiger partial charge on any atom is -0.272 e. The molecule has 0 radical (unpaired) electrons. The van der Waals surface area contributed by atoms with Crippen LogP contribution < -0.4 is 5.01 Å². The summed E-state index contributed by atoms with van der Waals surface area (Å²) < 4.78 is 28.3. The number of sulfonamides is 1. The van der Waals surface area contributed by atoms with Crippen LogP contribution in [0, 0.1) is 6.92 Å². The van der Waals surface area contributed by atoms with E-state index in [9.17, 15) is 13.2 Å². The average molecular weight is 465 g/mol. The second-order valence-electron chi connectivity index (χ2n) is 8.07. The second-order valence-corrected chi connectivity index (χ2v) is 10.3. The molecule has 3 aromatic carbocycles. The van der Waals surface area contributed by atoms with Crippen molar-refractivity contribution in [3.05, 3.63) is 101 Å². The number of hydrazine groups is 1. The van der Waals surface area contributed by atoms with Crippen molar-refractivity contribution in [3.63, 3.8) is 0 Å². The van der Waals surface area contributed by atoms with Crippen LogP contribution >= 0.6 is 11.6 Å². The topological polar surface area (TPSA) is 57.7 Å².